The van der Waals surface area contributed by atoms with E-state index in [1.807, 2.05) is 25.1 Å². The number of hydrogen-bond acceptors (Lipinski definition) is 5. The predicted molar refractivity (Wildman–Crippen MR) is 80.8 cm³/mol. The van der Waals surface area contributed by atoms with E-state index < -0.39 is 6.04 Å². The summed E-state index contributed by atoms with van der Waals surface area (Å²) in [5.41, 5.74) is 6.44. The molecule has 1 amide bonds. The zero-order valence-corrected chi connectivity index (χ0v) is 11.9. The maximum atomic E-state index is 11.8. The molecule has 1 heterocycles. The Bertz CT molecular complexity index is 660. The van der Waals surface area contributed by atoms with Gasteiger partial charge in [0.2, 0.25) is 5.91 Å². The minimum absolute atomic E-state index is 0.200. The Balaban J connectivity index is 2.15. The highest BCUT2D eigenvalue weighted by molar-refractivity contribution is 7.22. The van der Waals surface area contributed by atoms with Crippen LogP contribution in [-0.2, 0) is 4.79 Å². The third kappa shape index (κ3) is 3.26. The Kier molecular flexibility index (Phi) is 4.56. The van der Waals surface area contributed by atoms with Gasteiger partial charge in [0.05, 0.1) is 22.9 Å². The monoisotopic (exact) mass is 289 g/mol. The van der Waals surface area contributed by atoms with E-state index in [4.69, 9.17) is 16.9 Å². The second kappa shape index (κ2) is 6.37. The summed E-state index contributed by atoms with van der Waals surface area (Å²) >= 11 is 1.37. The van der Waals surface area contributed by atoms with Crippen LogP contribution in [0.5, 0.6) is 5.75 Å². The predicted octanol–water partition coefficient (Wildman–Crippen LogP) is 1.98. The van der Waals surface area contributed by atoms with Crippen molar-refractivity contribution in [3.63, 3.8) is 0 Å². The number of nitrogens with one attached hydrogen (secondary N) is 1. The van der Waals surface area contributed by atoms with Crippen LogP contribution in [0.15, 0.2) is 18.2 Å². The van der Waals surface area contributed by atoms with Gasteiger partial charge in [-0.05, 0) is 25.1 Å². The molecule has 3 N–H and O–H groups in total. The van der Waals surface area contributed by atoms with Crippen molar-refractivity contribution >= 4 is 32.6 Å². The summed E-state index contributed by atoms with van der Waals surface area (Å²) in [5.74, 6) is 2.82. The number of carbonyl (C=O) groups excluding carboxylic acids is 1. The normalized spacial score (nSPS) is 11.8. The first-order valence-electron chi connectivity index (χ1n) is 6.17. The van der Waals surface area contributed by atoms with Crippen LogP contribution in [0.1, 0.15) is 13.3 Å². The number of benzene rings is 1. The number of ether oxygens (including phenoxy) is 1. The number of aromatic nitrogens is 1. The van der Waals surface area contributed by atoms with Crippen LogP contribution in [0.2, 0.25) is 0 Å². The minimum Gasteiger partial charge on any atom is -0.494 e. The molecule has 0 saturated carbocycles. The molecule has 5 nitrogen and oxygen atoms in total. The van der Waals surface area contributed by atoms with E-state index in [1.165, 1.54) is 11.3 Å². The lowest BCUT2D eigenvalue weighted by atomic mass is 10.2. The SMILES string of the molecule is C#CCC(N)C(=O)Nc1nc2ccc(OCC)cc2s1. The Morgan fingerprint density at radius 2 is 2.45 bits per heavy atom. The van der Waals surface area contributed by atoms with Crippen molar-refractivity contribution in [1.82, 2.24) is 4.98 Å². The lowest BCUT2D eigenvalue weighted by Crippen LogP contribution is -2.35. The van der Waals surface area contributed by atoms with Crippen LogP contribution in [0.25, 0.3) is 10.2 Å². The van der Waals surface area contributed by atoms with Gasteiger partial charge in [-0.25, -0.2) is 4.98 Å². The van der Waals surface area contributed by atoms with Gasteiger partial charge >= 0.3 is 0 Å². The lowest BCUT2D eigenvalue weighted by molar-refractivity contribution is -0.117. The molecule has 20 heavy (non-hydrogen) atoms. The maximum Gasteiger partial charge on any atom is 0.244 e. The van der Waals surface area contributed by atoms with Crippen LogP contribution < -0.4 is 15.8 Å². The molecule has 104 valence electrons. The summed E-state index contributed by atoms with van der Waals surface area (Å²) in [6, 6.07) is 4.88. The third-order valence-corrected chi connectivity index (χ3v) is 3.51. The average molecular weight is 289 g/mol. The number of fused-ring (bicyclic) bond motifs is 1. The lowest BCUT2D eigenvalue weighted by Gasteiger charge is -2.06. The first-order valence-corrected chi connectivity index (χ1v) is 6.99. The van der Waals surface area contributed by atoms with E-state index in [-0.39, 0.29) is 12.3 Å². The van der Waals surface area contributed by atoms with Crippen molar-refractivity contribution in [2.75, 3.05) is 11.9 Å². The smallest absolute Gasteiger partial charge is 0.244 e. The molecule has 0 bridgehead atoms. The van der Waals surface area contributed by atoms with Gasteiger partial charge in [-0.1, -0.05) is 11.3 Å². The van der Waals surface area contributed by atoms with Gasteiger partial charge in [0, 0.05) is 6.42 Å². The molecule has 6 heteroatoms. The average Bonchev–Trinajstić information content (AvgIpc) is 2.80. The molecular formula is C14H15N3O2S. The molecule has 1 unspecified atom stereocenters. The van der Waals surface area contributed by atoms with Crippen molar-refractivity contribution in [2.45, 2.75) is 19.4 Å². The highest BCUT2D eigenvalue weighted by Gasteiger charge is 2.14. The molecule has 0 aliphatic carbocycles. The number of nitrogens with two attached hydrogens (primary N) is 1. The quantitative estimate of drug-likeness (QED) is 0.825. The van der Waals surface area contributed by atoms with Gasteiger partial charge in [-0.2, -0.15) is 0 Å². The highest BCUT2D eigenvalue weighted by Crippen LogP contribution is 2.29. The molecule has 0 aliphatic rings. The van der Waals surface area contributed by atoms with E-state index in [9.17, 15) is 4.79 Å². The fourth-order valence-corrected chi connectivity index (χ4v) is 2.53. The molecule has 0 saturated heterocycles. The van der Waals surface area contributed by atoms with Gasteiger partial charge < -0.3 is 15.8 Å². The summed E-state index contributed by atoms with van der Waals surface area (Å²) in [6.45, 7) is 2.53. The first kappa shape index (κ1) is 14.3. The summed E-state index contributed by atoms with van der Waals surface area (Å²) in [6.07, 6.45) is 5.33. The summed E-state index contributed by atoms with van der Waals surface area (Å²) < 4.78 is 6.37. The standard InChI is InChI=1S/C14H15N3O2S/c1-3-5-10(15)13(18)17-14-16-11-7-6-9(19-4-2)8-12(11)20-14/h1,6-8,10H,4-5,15H2,2H3,(H,16,17,18). The van der Waals surface area contributed by atoms with E-state index in [0.29, 0.717) is 11.7 Å². The van der Waals surface area contributed by atoms with Crippen molar-refractivity contribution < 1.29 is 9.53 Å². The number of thiazole rings is 1. The van der Waals surface area contributed by atoms with Crippen LogP contribution in [0.4, 0.5) is 5.13 Å². The fraction of sp³-hybridized carbons (Fsp3) is 0.286. The highest BCUT2D eigenvalue weighted by atomic mass is 32.1. The van der Waals surface area contributed by atoms with Gasteiger partial charge in [0.1, 0.15) is 5.75 Å². The van der Waals surface area contributed by atoms with Crippen molar-refractivity contribution in [1.29, 1.82) is 0 Å². The number of hydrogen-bond donors (Lipinski definition) is 2. The van der Waals surface area contributed by atoms with Crippen LogP contribution in [-0.4, -0.2) is 23.5 Å². The van der Waals surface area contributed by atoms with E-state index >= 15 is 0 Å². The number of anilines is 1. The van der Waals surface area contributed by atoms with Gasteiger partial charge in [0.25, 0.3) is 0 Å². The minimum atomic E-state index is -0.717. The van der Waals surface area contributed by atoms with Crippen molar-refractivity contribution in [2.24, 2.45) is 5.73 Å². The van der Waals surface area contributed by atoms with Gasteiger partial charge in [-0.15, -0.1) is 12.3 Å². The Morgan fingerprint density at radius 1 is 1.65 bits per heavy atom. The molecule has 1 aromatic carbocycles. The zero-order chi connectivity index (χ0) is 14.5. The maximum absolute atomic E-state index is 11.8. The molecule has 2 rings (SSSR count). The Morgan fingerprint density at radius 3 is 3.15 bits per heavy atom. The number of amides is 1. The number of rotatable bonds is 5. The molecular weight excluding hydrogens is 274 g/mol. The molecule has 1 aromatic heterocycles. The third-order valence-electron chi connectivity index (χ3n) is 2.58. The zero-order valence-electron chi connectivity index (χ0n) is 11.1. The summed E-state index contributed by atoms with van der Waals surface area (Å²) in [5, 5.41) is 3.18. The molecule has 1 atom stereocenters. The molecule has 0 aliphatic heterocycles. The first-order chi connectivity index (χ1) is 9.63. The topological polar surface area (TPSA) is 77.2 Å². The van der Waals surface area contributed by atoms with Crippen LogP contribution >= 0.6 is 11.3 Å². The summed E-state index contributed by atoms with van der Waals surface area (Å²) in [4.78, 5) is 16.1. The van der Waals surface area contributed by atoms with Crippen LogP contribution in [0.3, 0.4) is 0 Å². The molecule has 2 aromatic rings. The second-order valence-corrected chi connectivity index (χ2v) is 5.12. The van der Waals surface area contributed by atoms with E-state index in [1.54, 1.807) is 0 Å². The Labute approximate surface area is 121 Å². The van der Waals surface area contributed by atoms with Gasteiger partial charge in [-0.3, -0.25) is 4.79 Å². The largest absolute Gasteiger partial charge is 0.494 e. The number of carbonyl (C=O) groups is 1. The summed E-state index contributed by atoms with van der Waals surface area (Å²) in [7, 11) is 0. The van der Waals surface area contributed by atoms with Crippen LogP contribution in [0, 0.1) is 12.3 Å². The molecule has 0 fully saturated rings. The van der Waals surface area contributed by atoms with Crippen molar-refractivity contribution in [3.05, 3.63) is 18.2 Å². The number of nitrogens with zero attached hydrogens (tertiary/aromatic N) is 1. The second-order valence-electron chi connectivity index (χ2n) is 4.09. The molecule has 0 spiro atoms. The van der Waals surface area contributed by atoms with E-state index in [0.717, 1.165) is 16.0 Å². The fourth-order valence-electron chi connectivity index (χ4n) is 1.63. The van der Waals surface area contributed by atoms with E-state index in [2.05, 4.69) is 16.2 Å². The van der Waals surface area contributed by atoms with Crippen molar-refractivity contribution in [3.8, 4) is 18.1 Å². The molecule has 0 radical (unpaired) electrons. The Hall–Kier alpha value is -2.10. The van der Waals surface area contributed by atoms with Gasteiger partial charge in [0.15, 0.2) is 5.13 Å². The number of terminal acetylenes is 1.